The summed E-state index contributed by atoms with van der Waals surface area (Å²) in [5, 5.41) is 11.6. The van der Waals surface area contributed by atoms with E-state index >= 15 is 0 Å². The van der Waals surface area contributed by atoms with Crippen molar-refractivity contribution in [3.05, 3.63) is 23.7 Å². The molecule has 0 radical (unpaired) electrons. The molecule has 1 aliphatic rings. The van der Waals surface area contributed by atoms with Crippen LogP contribution in [0.15, 0.2) is 16.5 Å². The fraction of sp³-hybridized carbons (Fsp3) is 0.500. The predicted molar refractivity (Wildman–Crippen MR) is 57.7 cm³/mol. The van der Waals surface area contributed by atoms with Crippen LogP contribution in [-0.2, 0) is 6.42 Å². The van der Waals surface area contributed by atoms with Crippen LogP contribution in [0, 0.1) is 17.2 Å². The van der Waals surface area contributed by atoms with Crippen LogP contribution in [0.4, 0.5) is 0 Å². The van der Waals surface area contributed by atoms with Crippen LogP contribution >= 0.6 is 0 Å². The molecule has 0 saturated heterocycles. The molecule has 84 valence electrons. The van der Waals surface area contributed by atoms with E-state index in [1.165, 1.54) is 0 Å². The molecule has 4 nitrogen and oxygen atoms in total. The van der Waals surface area contributed by atoms with Crippen LogP contribution in [0.25, 0.3) is 0 Å². The van der Waals surface area contributed by atoms with E-state index in [0.717, 1.165) is 25.0 Å². The largest absolute Gasteiger partial charge is 0.456 e. The van der Waals surface area contributed by atoms with Crippen LogP contribution in [0.2, 0.25) is 0 Å². The molecular weight excluding hydrogens is 204 g/mol. The number of nitrogens with zero attached hydrogens (tertiary/aromatic N) is 1. The fourth-order valence-corrected chi connectivity index (χ4v) is 1.59. The van der Waals surface area contributed by atoms with Gasteiger partial charge < -0.3 is 9.73 Å². The number of amides is 1. The second-order valence-electron chi connectivity index (χ2n) is 4.04. The van der Waals surface area contributed by atoms with Crippen molar-refractivity contribution >= 4 is 5.91 Å². The number of aryl methyl sites for hydroxylation is 1. The van der Waals surface area contributed by atoms with Crippen molar-refractivity contribution in [2.75, 3.05) is 0 Å². The summed E-state index contributed by atoms with van der Waals surface area (Å²) in [5.41, 5.74) is 0. The smallest absolute Gasteiger partial charge is 0.288 e. The Labute approximate surface area is 94.2 Å². The van der Waals surface area contributed by atoms with Gasteiger partial charge in [-0.3, -0.25) is 4.79 Å². The maximum Gasteiger partial charge on any atom is 0.288 e. The Hall–Kier alpha value is -1.76. The molecule has 4 heteroatoms. The number of furan rings is 1. The van der Waals surface area contributed by atoms with Crippen LogP contribution in [0.1, 0.15) is 36.1 Å². The first-order valence-electron chi connectivity index (χ1n) is 5.53. The molecule has 1 atom stereocenters. The Morgan fingerprint density at radius 1 is 1.69 bits per heavy atom. The van der Waals surface area contributed by atoms with E-state index in [9.17, 15) is 4.79 Å². The van der Waals surface area contributed by atoms with Gasteiger partial charge >= 0.3 is 0 Å². The first-order chi connectivity index (χ1) is 7.74. The van der Waals surface area contributed by atoms with Gasteiger partial charge in [-0.05, 0) is 30.9 Å². The third-order valence-electron chi connectivity index (χ3n) is 2.75. The Morgan fingerprint density at radius 2 is 2.44 bits per heavy atom. The maximum atomic E-state index is 11.7. The minimum Gasteiger partial charge on any atom is -0.456 e. The Morgan fingerprint density at radius 3 is 2.94 bits per heavy atom. The second-order valence-corrected chi connectivity index (χ2v) is 4.04. The third kappa shape index (κ3) is 2.25. The lowest BCUT2D eigenvalue weighted by atomic mass is 10.2. The van der Waals surface area contributed by atoms with Crippen molar-refractivity contribution in [3.8, 4) is 6.07 Å². The van der Waals surface area contributed by atoms with Gasteiger partial charge in [-0.25, -0.2) is 0 Å². The Kier molecular flexibility index (Phi) is 2.95. The van der Waals surface area contributed by atoms with E-state index in [0.29, 0.717) is 5.92 Å². The van der Waals surface area contributed by atoms with Crippen molar-refractivity contribution in [2.45, 2.75) is 32.2 Å². The average Bonchev–Trinajstić information content (AvgIpc) is 3.02. The highest BCUT2D eigenvalue weighted by Crippen LogP contribution is 2.32. The highest BCUT2D eigenvalue weighted by molar-refractivity contribution is 5.91. The van der Waals surface area contributed by atoms with Gasteiger partial charge in [-0.1, -0.05) is 6.92 Å². The lowest BCUT2D eigenvalue weighted by Gasteiger charge is -2.08. The van der Waals surface area contributed by atoms with Crippen LogP contribution in [0.3, 0.4) is 0 Å². The Balaban J connectivity index is 1.99. The zero-order valence-corrected chi connectivity index (χ0v) is 9.19. The highest BCUT2D eigenvalue weighted by Gasteiger charge is 2.32. The van der Waals surface area contributed by atoms with Crippen LogP contribution in [0.5, 0.6) is 0 Å². The predicted octanol–water partition coefficient (Wildman–Crippen LogP) is 1.87. The van der Waals surface area contributed by atoms with Crippen molar-refractivity contribution in [1.82, 2.24) is 5.32 Å². The minimum atomic E-state index is -0.373. The maximum absolute atomic E-state index is 11.7. The minimum absolute atomic E-state index is 0.290. The number of hydrogen-bond donors (Lipinski definition) is 1. The zero-order valence-electron chi connectivity index (χ0n) is 9.19. The quantitative estimate of drug-likeness (QED) is 0.839. The molecule has 1 N–H and O–H groups in total. The molecule has 0 aliphatic heterocycles. The summed E-state index contributed by atoms with van der Waals surface area (Å²) in [7, 11) is 0. The van der Waals surface area contributed by atoms with Crippen LogP contribution < -0.4 is 5.32 Å². The number of carbonyl (C=O) groups is 1. The van der Waals surface area contributed by atoms with E-state index in [1.54, 1.807) is 12.1 Å². The van der Waals surface area contributed by atoms with Gasteiger partial charge in [0.1, 0.15) is 11.8 Å². The average molecular weight is 218 g/mol. The van der Waals surface area contributed by atoms with Crippen molar-refractivity contribution in [3.63, 3.8) is 0 Å². The topological polar surface area (TPSA) is 66.0 Å². The fourth-order valence-electron chi connectivity index (χ4n) is 1.59. The monoisotopic (exact) mass is 218 g/mol. The number of nitriles is 1. The number of hydrogen-bond acceptors (Lipinski definition) is 3. The molecule has 1 amide bonds. The molecule has 0 spiro atoms. The van der Waals surface area contributed by atoms with E-state index < -0.39 is 0 Å². The number of nitrogens with one attached hydrogen (secondary N) is 1. The van der Waals surface area contributed by atoms with Gasteiger partial charge in [0.05, 0.1) is 6.07 Å². The standard InChI is InChI=1S/C12H14N2O2/c1-2-9-5-6-11(16-9)12(15)14-10(7-13)8-3-4-8/h5-6,8,10H,2-4H2,1H3,(H,14,15). The van der Waals surface area contributed by atoms with Gasteiger partial charge in [-0.2, -0.15) is 5.26 Å². The van der Waals surface area contributed by atoms with Crippen molar-refractivity contribution in [1.29, 1.82) is 5.26 Å². The van der Waals surface area contributed by atoms with Crippen LogP contribution in [-0.4, -0.2) is 11.9 Å². The lowest BCUT2D eigenvalue weighted by Crippen LogP contribution is -2.35. The molecule has 1 heterocycles. The van der Waals surface area contributed by atoms with Gasteiger partial charge in [0.25, 0.3) is 5.91 Å². The molecule has 16 heavy (non-hydrogen) atoms. The second kappa shape index (κ2) is 4.40. The molecule has 1 aromatic rings. The molecule has 1 unspecified atom stereocenters. The molecule has 2 rings (SSSR count). The van der Waals surface area contributed by atoms with Gasteiger partial charge in [0.15, 0.2) is 5.76 Å². The summed E-state index contributed by atoms with van der Waals surface area (Å²) in [6.07, 6.45) is 2.81. The molecule has 1 aliphatic carbocycles. The summed E-state index contributed by atoms with van der Waals surface area (Å²) >= 11 is 0. The Bertz CT molecular complexity index is 426. The van der Waals surface area contributed by atoms with E-state index in [-0.39, 0.29) is 17.7 Å². The summed E-state index contributed by atoms with van der Waals surface area (Å²) in [6, 6.07) is 5.17. The SMILES string of the molecule is CCc1ccc(C(=O)NC(C#N)C2CC2)o1. The molecule has 0 aromatic carbocycles. The molecule has 0 bridgehead atoms. The molecule has 1 aromatic heterocycles. The van der Waals surface area contributed by atoms with Gasteiger partial charge in [-0.15, -0.1) is 0 Å². The number of carbonyl (C=O) groups excluding carboxylic acids is 1. The van der Waals surface area contributed by atoms with E-state index in [2.05, 4.69) is 11.4 Å². The zero-order chi connectivity index (χ0) is 11.5. The van der Waals surface area contributed by atoms with Crippen molar-refractivity contribution < 1.29 is 9.21 Å². The third-order valence-corrected chi connectivity index (χ3v) is 2.75. The first kappa shape index (κ1) is 10.7. The lowest BCUT2D eigenvalue weighted by molar-refractivity contribution is 0.0912. The summed E-state index contributed by atoms with van der Waals surface area (Å²) in [4.78, 5) is 11.7. The first-order valence-corrected chi connectivity index (χ1v) is 5.53. The van der Waals surface area contributed by atoms with E-state index in [1.807, 2.05) is 6.92 Å². The normalized spacial score (nSPS) is 16.5. The summed E-state index contributed by atoms with van der Waals surface area (Å²) < 4.78 is 5.32. The van der Waals surface area contributed by atoms with Gasteiger partial charge in [0.2, 0.25) is 0 Å². The number of rotatable bonds is 4. The summed E-state index contributed by atoms with van der Waals surface area (Å²) in [6.45, 7) is 1.96. The molecule has 1 saturated carbocycles. The highest BCUT2D eigenvalue weighted by atomic mass is 16.3. The van der Waals surface area contributed by atoms with Gasteiger partial charge in [0, 0.05) is 6.42 Å². The molecule has 1 fully saturated rings. The molecular formula is C12H14N2O2. The van der Waals surface area contributed by atoms with E-state index in [4.69, 9.17) is 9.68 Å². The summed E-state index contributed by atoms with van der Waals surface area (Å²) in [5.74, 6) is 1.11. The van der Waals surface area contributed by atoms with Crippen molar-refractivity contribution in [2.24, 2.45) is 5.92 Å².